The van der Waals surface area contributed by atoms with E-state index in [0.717, 1.165) is 64.2 Å². The van der Waals surface area contributed by atoms with Crippen LogP contribution in [0.15, 0.2) is 24.3 Å². The molecule has 0 spiro atoms. The third-order valence-corrected chi connectivity index (χ3v) is 6.31. The molecule has 2 rings (SSSR count). The fourth-order valence-electron chi connectivity index (χ4n) is 4.77. The maximum atomic E-state index is 12.3. The maximum Gasteiger partial charge on any atom is 0.330 e. The van der Waals surface area contributed by atoms with Crippen molar-refractivity contribution in [1.29, 1.82) is 0 Å². The summed E-state index contributed by atoms with van der Waals surface area (Å²) in [5.74, 6) is -0.490. The highest BCUT2D eigenvalue weighted by Gasteiger charge is 2.40. The van der Waals surface area contributed by atoms with Gasteiger partial charge in [0, 0.05) is 12.2 Å². The van der Waals surface area contributed by atoms with Crippen LogP contribution < -0.4 is 0 Å². The van der Waals surface area contributed by atoms with Crippen LogP contribution in [-0.4, -0.2) is 23.1 Å². The van der Waals surface area contributed by atoms with Gasteiger partial charge in [0.05, 0.1) is 0 Å². The summed E-state index contributed by atoms with van der Waals surface area (Å²) in [6, 6.07) is 0. The molecular formula is C24H38O4. The second-order valence-electron chi connectivity index (χ2n) is 8.54. The van der Waals surface area contributed by atoms with E-state index in [4.69, 9.17) is 9.47 Å². The van der Waals surface area contributed by atoms with Crippen molar-refractivity contribution in [2.24, 2.45) is 0 Å². The molecule has 2 aliphatic rings. The van der Waals surface area contributed by atoms with Crippen LogP contribution in [0.1, 0.15) is 104 Å². The van der Waals surface area contributed by atoms with Gasteiger partial charge in [0.1, 0.15) is 11.2 Å². The molecular weight excluding hydrogens is 352 g/mol. The van der Waals surface area contributed by atoms with Crippen LogP contribution >= 0.6 is 0 Å². The van der Waals surface area contributed by atoms with Crippen LogP contribution in [0.5, 0.6) is 0 Å². The van der Waals surface area contributed by atoms with Crippen molar-refractivity contribution < 1.29 is 19.1 Å². The SMILES string of the molecule is C/C=C/C(=O)OC1(CCC2(OC(=O)/C=C/C)CCCCCC2)CCCCCC1. The summed E-state index contributed by atoms with van der Waals surface area (Å²) in [5, 5.41) is 0. The summed E-state index contributed by atoms with van der Waals surface area (Å²) >= 11 is 0. The van der Waals surface area contributed by atoms with Crippen LogP contribution in [0.4, 0.5) is 0 Å². The molecule has 0 bridgehead atoms. The zero-order chi connectivity index (χ0) is 20.3. The number of carbonyl (C=O) groups is 2. The Hall–Kier alpha value is -1.58. The first kappa shape index (κ1) is 22.7. The van der Waals surface area contributed by atoms with Crippen molar-refractivity contribution in [1.82, 2.24) is 0 Å². The van der Waals surface area contributed by atoms with E-state index in [0.29, 0.717) is 0 Å². The summed E-state index contributed by atoms with van der Waals surface area (Å²) in [7, 11) is 0. The highest BCUT2D eigenvalue weighted by atomic mass is 16.6. The van der Waals surface area contributed by atoms with Gasteiger partial charge in [0.15, 0.2) is 0 Å². The zero-order valence-corrected chi connectivity index (χ0v) is 17.8. The monoisotopic (exact) mass is 390 g/mol. The fraction of sp³-hybridized carbons (Fsp3) is 0.750. The van der Waals surface area contributed by atoms with E-state index in [1.165, 1.54) is 37.8 Å². The summed E-state index contributed by atoms with van der Waals surface area (Å²) in [4.78, 5) is 24.5. The maximum absolute atomic E-state index is 12.3. The minimum absolute atomic E-state index is 0.245. The van der Waals surface area contributed by atoms with Gasteiger partial charge in [-0.15, -0.1) is 0 Å². The first-order valence-corrected chi connectivity index (χ1v) is 11.2. The molecule has 4 heteroatoms. The van der Waals surface area contributed by atoms with Crippen molar-refractivity contribution >= 4 is 11.9 Å². The van der Waals surface area contributed by atoms with Gasteiger partial charge in [0.25, 0.3) is 0 Å². The lowest BCUT2D eigenvalue weighted by Crippen LogP contribution is -2.40. The number of ether oxygens (including phenoxy) is 2. The van der Waals surface area contributed by atoms with Crippen LogP contribution in [0.3, 0.4) is 0 Å². The summed E-state index contributed by atoms with van der Waals surface area (Å²) in [6.07, 6.45) is 20.9. The first-order valence-electron chi connectivity index (χ1n) is 11.2. The molecule has 0 aromatic rings. The Bertz CT molecular complexity index is 495. The molecule has 0 radical (unpaired) electrons. The summed E-state index contributed by atoms with van der Waals surface area (Å²) < 4.78 is 12.1. The number of allylic oxidation sites excluding steroid dienone is 2. The lowest BCUT2D eigenvalue weighted by molar-refractivity contribution is -0.165. The van der Waals surface area contributed by atoms with Crippen LogP contribution in [0, 0.1) is 0 Å². The van der Waals surface area contributed by atoms with Gasteiger partial charge in [-0.05, 0) is 78.1 Å². The molecule has 2 aliphatic carbocycles. The summed E-state index contributed by atoms with van der Waals surface area (Å²) in [6.45, 7) is 3.67. The molecule has 28 heavy (non-hydrogen) atoms. The molecule has 2 saturated carbocycles. The largest absolute Gasteiger partial charge is 0.456 e. The third-order valence-electron chi connectivity index (χ3n) is 6.31. The van der Waals surface area contributed by atoms with E-state index < -0.39 is 11.2 Å². The van der Waals surface area contributed by atoms with Gasteiger partial charge >= 0.3 is 11.9 Å². The minimum atomic E-state index is -0.417. The van der Waals surface area contributed by atoms with E-state index in [1.54, 1.807) is 12.2 Å². The molecule has 0 heterocycles. The van der Waals surface area contributed by atoms with E-state index in [-0.39, 0.29) is 11.9 Å². The van der Waals surface area contributed by atoms with Gasteiger partial charge in [-0.25, -0.2) is 9.59 Å². The minimum Gasteiger partial charge on any atom is -0.456 e. The molecule has 158 valence electrons. The fourth-order valence-corrected chi connectivity index (χ4v) is 4.77. The molecule has 0 saturated heterocycles. The van der Waals surface area contributed by atoms with Gasteiger partial charge in [0.2, 0.25) is 0 Å². The number of hydrogen-bond acceptors (Lipinski definition) is 4. The molecule has 4 nitrogen and oxygen atoms in total. The van der Waals surface area contributed by atoms with Gasteiger partial charge in [-0.3, -0.25) is 0 Å². The van der Waals surface area contributed by atoms with Crippen molar-refractivity contribution in [2.75, 3.05) is 0 Å². The van der Waals surface area contributed by atoms with E-state index in [2.05, 4.69) is 0 Å². The molecule has 0 N–H and O–H groups in total. The van der Waals surface area contributed by atoms with Crippen molar-refractivity contribution in [3.63, 3.8) is 0 Å². The lowest BCUT2D eigenvalue weighted by atomic mass is 9.81. The Morgan fingerprint density at radius 1 is 0.643 bits per heavy atom. The smallest absolute Gasteiger partial charge is 0.330 e. The highest BCUT2D eigenvalue weighted by Crippen LogP contribution is 2.41. The van der Waals surface area contributed by atoms with E-state index in [1.807, 2.05) is 13.8 Å². The van der Waals surface area contributed by atoms with Crippen molar-refractivity contribution in [3.8, 4) is 0 Å². The predicted molar refractivity (Wildman–Crippen MR) is 112 cm³/mol. The van der Waals surface area contributed by atoms with Crippen molar-refractivity contribution in [2.45, 2.75) is 115 Å². The molecule has 2 fully saturated rings. The third kappa shape index (κ3) is 7.10. The Kier molecular flexibility index (Phi) is 9.27. The molecule has 0 amide bonds. The normalized spacial score (nSPS) is 22.5. The van der Waals surface area contributed by atoms with E-state index >= 15 is 0 Å². The van der Waals surface area contributed by atoms with E-state index in [9.17, 15) is 9.59 Å². The molecule has 0 unspecified atom stereocenters. The Morgan fingerprint density at radius 2 is 0.964 bits per heavy atom. The summed E-state index contributed by atoms with van der Waals surface area (Å²) in [5.41, 5.74) is -0.835. The Labute approximate surface area is 170 Å². The van der Waals surface area contributed by atoms with Gasteiger partial charge in [-0.2, -0.15) is 0 Å². The molecule has 0 aliphatic heterocycles. The van der Waals surface area contributed by atoms with Gasteiger partial charge in [-0.1, -0.05) is 37.8 Å². The number of rotatable bonds is 7. The number of carbonyl (C=O) groups excluding carboxylic acids is 2. The van der Waals surface area contributed by atoms with Gasteiger partial charge < -0.3 is 9.47 Å². The Morgan fingerprint density at radius 3 is 1.25 bits per heavy atom. The average Bonchev–Trinajstić information content (AvgIpc) is 3.02. The first-order chi connectivity index (χ1) is 13.5. The topological polar surface area (TPSA) is 52.6 Å². The molecule has 0 aromatic carbocycles. The second kappa shape index (κ2) is 11.4. The van der Waals surface area contributed by atoms with Crippen LogP contribution in [0.25, 0.3) is 0 Å². The molecule has 0 atom stereocenters. The quantitative estimate of drug-likeness (QED) is 0.295. The number of hydrogen-bond donors (Lipinski definition) is 0. The number of esters is 2. The standard InChI is InChI=1S/C24H38O4/c1-3-13-21(25)27-23(15-9-5-6-10-16-23)19-20-24(28-22(26)14-4-2)17-11-7-8-12-18-24/h3-4,13-14H,5-12,15-20H2,1-2H3/b13-3+,14-4+. The highest BCUT2D eigenvalue weighted by molar-refractivity contribution is 5.82. The lowest BCUT2D eigenvalue weighted by Gasteiger charge is -2.38. The van der Waals surface area contributed by atoms with Crippen LogP contribution in [0.2, 0.25) is 0 Å². The second-order valence-corrected chi connectivity index (χ2v) is 8.54. The zero-order valence-electron chi connectivity index (χ0n) is 17.8. The van der Waals surface area contributed by atoms with Crippen molar-refractivity contribution in [3.05, 3.63) is 24.3 Å². The molecule has 0 aromatic heterocycles. The van der Waals surface area contributed by atoms with Crippen LogP contribution in [-0.2, 0) is 19.1 Å². The predicted octanol–water partition coefficient (Wildman–Crippen LogP) is 6.19. The Balaban J connectivity index is 2.16. The average molecular weight is 391 g/mol.